The number of methoxy groups -OCH3 is 1. The summed E-state index contributed by atoms with van der Waals surface area (Å²) >= 11 is 6.28. The number of rotatable bonds is 7. The number of alkyl carbamates (subject to hydrolysis) is 1. The zero-order chi connectivity index (χ0) is 30.7. The molecule has 43 heavy (non-hydrogen) atoms. The number of carbonyl (C=O) groups excluding carboxylic acids is 1. The summed E-state index contributed by atoms with van der Waals surface area (Å²) in [5.74, 6) is 0.190. The zero-order valence-corrected chi connectivity index (χ0v) is 25.3. The Bertz CT molecular complexity index is 1640. The molecule has 0 unspecified atom stereocenters. The third kappa shape index (κ3) is 7.34. The molecule has 1 aliphatic carbocycles. The summed E-state index contributed by atoms with van der Waals surface area (Å²) in [5, 5.41) is 11.5. The average molecular weight is 608 g/mol. The Kier molecular flexibility index (Phi) is 8.72. The first-order valence-corrected chi connectivity index (χ1v) is 14.4. The van der Waals surface area contributed by atoms with Gasteiger partial charge in [0.05, 0.1) is 40.8 Å². The van der Waals surface area contributed by atoms with Gasteiger partial charge in [0.1, 0.15) is 17.3 Å². The lowest BCUT2D eigenvalue weighted by Gasteiger charge is -2.31. The van der Waals surface area contributed by atoms with Gasteiger partial charge in [0.2, 0.25) is 5.88 Å². The van der Waals surface area contributed by atoms with Crippen molar-refractivity contribution in [2.24, 2.45) is 10.7 Å². The lowest BCUT2D eigenvalue weighted by molar-refractivity contribution is 0.0492. The molecule has 3 heterocycles. The number of aliphatic imine (C=N–C) groups is 1. The molecule has 0 atom stereocenters. The number of fused-ring (bicyclic) bond motifs is 1. The van der Waals surface area contributed by atoms with Crippen molar-refractivity contribution in [1.82, 2.24) is 19.9 Å². The first-order valence-electron chi connectivity index (χ1n) is 14.1. The molecule has 1 saturated carbocycles. The highest BCUT2D eigenvalue weighted by Crippen LogP contribution is 2.33. The van der Waals surface area contributed by atoms with Gasteiger partial charge in [-0.05, 0) is 70.7 Å². The summed E-state index contributed by atoms with van der Waals surface area (Å²) in [5.41, 5.74) is 10.0. The number of hydrogen-bond donors (Lipinski definition) is 3. The van der Waals surface area contributed by atoms with E-state index in [2.05, 4.69) is 25.7 Å². The number of nitrogens with one attached hydrogen (secondary N) is 2. The van der Waals surface area contributed by atoms with Crippen molar-refractivity contribution >= 4 is 40.4 Å². The maximum absolute atomic E-state index is 14.0. The standard InChI is InChI=1S/C31H35ClFN7O3/c1-31(2,3)43-30(41)38-22-9-7-21(8-10-22)37-28-23(29(34)39-25-14-20(33)6-11-24(25)32)16-36-40-17-19(13-26(28)40)18-5-12-27(42-4)35-15-18/h5-6,11-17,21-22,37H,7-10H2,1-4H3,(H2,34,39)(H,38,41). The molecule has 1 amide bonds. The monoisotopic (exact) mass is 607 g/mol. The Hall–Kier alpha value is -4.38. The molecule has 0 radical (unpaired) electrons. The fourth-order valence-electron chi connectivity index (χ4n) is 5.05. The van der Waals surface area contributed by atoms with Gasteiger partial charge in [0.15, 0.2) is 0 Å². The minimum Gasteiger partial charge on any atom is -0.481 e. The molecule has 0 saturated heterocycles. The molecule has 0 spiro atoms. The molecular weight excluding hydrogens is 573 g/mol. The summed E-state index contributed by atoms with van der Waals surface area (Å²) in [6.07, 6.45) is 8.03. The summed E-state index contributed by atoms with van der Waals surface area (Å²) in [6, 6.07) is 9.78. The van der Waals surface area contributed by atoms with Crippen molar-refractivity contribution in [2.45, 2.75) is 64.1 Å². The van der Waals surface area contributed by atoms with Gasteiger partial charge in [-0.25, -0.2) is 23.7 Å². The van der Waals surface area contributed by atoms with Gasteiger partial charge >= 0.3 is 6.09 Å². The first kappa shape index (κ1) is 30.1. The van der Waals surface area contributed by atoms with Gasteiger partial charge in [0, 0.05) is 47.7 Å². The van der Waals surface area contributed by atoms with E-state index in [4.69, 9.17) is 26.8 Å². The summed E-state index contributed by atoms with van der Waals surface area (Å²) in [6.45, 7) is 5.53. The second-order valence-corrected chi connectivity index (χ2v) is 11.9. The van der Waals surface area contributed by atoms with Crippen molar-refractivity contribution in [3.8, 4) is 17.0 Å². The Morgan fingerprint density at radius 3 is 2.51 bits per heavy atom. The van der Waals surface area contributed by atoms with Crippen molar-refractivity contribution in [3.05, 3.63) is 71.4 Å². The summed E-state index contributed by atoms with van der Waals surface area (Å²) in [4.78, 5) is 21.1. The number of benzene rings is 1. The molecule has 0 bridgehead atoms. The topological polar surface area (TPSA) is 128 Å². The van der Waals surface area contributed by atoms with Crippen LogP contribution >= 0.6 is 11.6 Å². The highest BCUT2D eigenvalue weighted by molar-refractivity contribution is 6.33. The normalized spacial score (nSPS) is 17.5. The highest BCUT2D eigenvalue weighted by Gasteiger charge is 2.26. The number of aromatic nitrogens is 3. The maximum Gasteiger partial charge on any atom is 0.407 e. The van der Waals surface area contributed by atoms with Crippen molar-refractivity contribution in [2.75, 3.05) is 12.4 Å². The third-order valence-electron chi connectivity index (χ3n) is 7.14. The number of halogens is 2. The molecule has 3 aromatic heterocycles. The van der Waals surface area contributed by atoms with Gasteiger partial charge in [-0.3, -0.25) is 0 Å². The lowest BCUT2D eigenvalue weighted by Crippen LogP contribution is -2.42. The minimum atomic E-state index is -0.554. The predicted molar refractivity (Wildman–Crippen MR) is 166 cm³/mol. The summed E-state index contributed by atoms with van der Waals surface area (Å²) in [7, 11) is 1.57. The van der Waals surface area contributed by atoms with E-state index in [9.17, 15) is 9.18 Å². The molecule has 226 valence electrons. The fraction of sp³-hybridized carbons (Fsp3) is 0.355. The SMILES string of the molecule is COc1ccc(-c2cc3c(NC4CCC(NC(=O)OC(C)(C)C)CC4)c(C(N)=Nc4cc(F)ccc4Cl)cnn3c2)cn1. The first-order chi connectivity index (χ1) is 20.5. The van der Waals surface area contributed by atoms with Crippen LogP contribution in [0.15, 0.2) is 60.0 Å². The number of anilines is 1. The molecule has 4 N–H and O–H groups in total. The van der Waals surface area contributed by atoms with Crippen LogP contribution in [0.1, 0.15) is 52.0 Å². The maximum atomic E-state index is 14.0. The van der Waals surface area contributed by atoms with Crippen LogP contribution < -0.4 is 21.1 Å². The molecule has 10 nitrogen and oxygen atoms in total. The zero-order valence-electron chi connectivity index (χ0n) is 24.5. The van der Waals surface area contributed by atoms with E-state index in [1.165, 1.54) is 18.2 Å². The van der Waals surface area contributed by atoms with E-state index in [-0.39, 0.29) is 28.6 Å². The van der Waals surface area contributed by atoms with E-state index in [0.29, 0.717) is 11.4 Å². The van der Waals surface area contributed by atoms with Crippen LogP contribution in [0.25, 0.3) is 16.6 Å². The number of carbonyl (C=O) groups is 1. The number of nitrogens with two attached hydrogens (primary N) is 1. The van der Waals surface area contributed by atoms with Crippen LogP contribution in [-0.2, 0) is 4.74 Å². The van der Waals surface area contributed by atoms with Crippen LogP contribution in [0, 0.1) is 5.82 Å². The molecule has 1 aliphatic rings. The lowest BCUT2D eigenvalue weighted by atomic mass is 9.91. The second-order valence-electron chi connectivity index (χ2n) is 11.5. The number of hydrogen-bond acceptors (Lipinski definition) is 7. The smallest absolute Gasteiger partial charge is 0.407 e. The fourth-order valence-corrected chi connectivity index (χ4v) is 5.21. The van der Waals surface area contributed by atoms with E-state index < -0.39 is 17.5 Å². The quantitative estimate of drug-likeness (QED) is 0.162. The second kappa shape index (κ2) is 12.5. The minimum absolute atomic E-state index is 0.0223. The van der Waals surface area contributed by atoms with Crippen LogP contribution in [0.3, 0.4) is 0 Å². The van der Waals surface area contributed by atoms with Gasteiger partial charge in [0.25, 0.3) is 0 Å². The molecule has 4 aromatic rings. The van der Waals surface area contributed by atoms with Crippen molar-refractivity contribution in [1.29, 1.82) is 0 Å². The van der Waals surface area contributed by atoms with E-state index in [0.717, 1.165) is 48.0 Å². The Morgan fingerprint density at radius 2 is 1.84 bits per heavy atom. The molecule has 5 rings (SSSR count). The predicted octanol–water partition coefficient (Wildman–Crippen LogP) is 6.48. The van der Waals surface area contributed by atoms with Crippen LogP contribution in [0.2, 0.25) is 5.02 Å². The number of pyridine rings is 1. The van der Waals surface area contributed by atoms with E-state index in [1.807, 2.05) is 39.1 Å². The van der Waals surface area contributed by atoms with Crippen LogP contribution in [0.5, 0.6) is 5.88 Å². The third-order valence-corrected chi connectivity index (χ3v) is 7.46. The Balaban J connectivity index is 1.45. The van der Waals surface area contributed by atoms with E-state index in [1.54, 1.807) is 30.1 Å². The van der Waals surface area contributed by atoms with Gasteiger partial charge in [-0.2, -0.15) is 5.10 Å². The number of amides is 1. The van der Waals surface area contributed by atoms with Crippen LogP contribution in [0.4, 0.5) is 20.6 Å². The van der Waals surface area contributed by atoms with Crippen molar-refractivity contribution in [3.63, 3.8) is 0 Å². The summed E-state index contributed by atoms with van der Waals surface area (Å²) < 4.78 is 26.3. The Labute approximate surface area is 254 Å². The largest absolute Gasteiger partial charge is 0.481 e. The molecule has 1 aromatic carbocycles. The van der Waals surface area contributed by atoms with Gasteiger partial charge in [-0.15, -0.1) is 0 Å². The molecular formula is C31H35ClFN7O3. The number of amidine groups is 1. The van der Waals surface area contributed by atoms with Crippen LogP contribution in [-0.4, -0.2) is 51.3 Å². The number of nitrogens with zero attached hydrogens (tertiary/aromatic N) is 4. The molecule has 12 heteroatoms. The highest BCUT2D eigenvalue weighted by atomic mass is 35.5. The molecule has 1 fully saturated rings. The average Bonchev–Trinajstić information content (AvgIpc) is 3.40. The number of ether oxygens (including phenoxy) is 2. The van der Waals surface area contributed by atoms with Crippen molar-refractivity contribution < 1.29 is 18.7 Å². The molecule has 0 aliphatic heterocycles. The Morgan fingerprint density at radius 1 is 1.09 bits per heavy atom. The van der Waals surface area contributed by atoms with E-state index >= 15 is 0 Å². The van der Waals surface area contributed by atoms with Gasteiger partial charge in [-0.1, -0.05) is 11.6 Å². The van der Waals surface area contributed by atoms with Gasteiger partial charge < -0.3 is 25.8 Å².